The van der Waals surface area contributed by atoms with Crippen molar-refractivity contribution in [2.75, 3.05) is 38.1 Å². The summed E-state index contributed by atoms with van der Waals surface area (Å²) in [7, 11) is -2.45. The van der Waals surface area contributed by atoms with Gasteiger partial charge < -0.3 is 14.5 Å². The summed E-state index contributed by atoms with van der Waals surface area (Å²) in [5, 5.41) is 0. The largest absolute Gasteiger partial charge is 0.490 e. The third-order valence-corrected chi connectivity index (χ3v) is 7.89. The zero-order valence-electron chi connectivity index (χ0n) is 19.3. The van der Waals surface area contributed by atoms with Crippen LogP contribution in [-0.4, -0.2) is 58.6 Å². The lowest BCUT2D eigenvalue weighted by molar-refractivity contribution is -0.137. The molecule has 0 bridgehead atoms. The first-order valence-electron chi connectivity index (χ1n) is 11.5. The Kier molecular flexibility index (Phi) is 7.27. The average Bonchev–Trinajstić information content (AvgIpc) is 3.36. The molecule has 7 nitrogen and oxygen atoms in total. The van der Waals surface area contributed by atoms with E-state index in [0.717, 1.165) is 37.8 Å². The molecule has 2 fully saturated rings. The number of hydrogen-bond acceptors (Lipinski definition) is 5. The molecule has 1 saturated heterocycles. The van der Waals surface area contributed by atoms with Crippen LogP contribution < -0.4 is 14.4 Å². The summed E-state index contributed by atoms with van der Waals surface area (Å²) in [6, 6.07) is 9.27. The first kappa shape index (κ1) is 25.3. The molecule has 11 heteroatoms. The topological polar surface area (TPSA) is 78.9 Å². The van der Waals surface area contributed by atoms with Crippen LogP contribution in [-0.2, 0) is 16.2 Å². The molecule has 2 aliphatic rings. The molecule has 2 aromatic carbocycles. The molecule has 0 spiro atoms. The van der Waals surface area contributed by atoms with Gasteiger partial charge in [-0.05, 0) is 75.2 Å². The van der Waals surface area contributed by atoms with Crippen LogP contribution in [0.5, 0.6) is 5.75 Å². The van der Waals surface area contributed by atoms with Crippen LogP contribution in [0.3, 0.4) is 0 Å². The Morgan fingerprint density at radius 3 is 2.20 bits per heavy atom. The molecule has 0 radical (unpaired) electrons. The highest BCUT2D eigenvalue weighted by atomic mass is 32.2. The summed E-state index contributed by atoms with van der Waals surface area (Å²) < 4.78 is 71.5. The third kappa shape index (κ3) is 5.72. The van der Waals surface area contributed by atoms with E-state index >= 15 is 0 Å². The fraction of sp³-hybridized carbons (Fsp3) is 0.458. The normalized spacial score (nSPS) is 17.6. The lowest BCUT2D eigenvalue weighted by Crippen LogP contribution is -2.49. The number of anilines is 1. The molecule has 190 valence electrons. The van der Waals surface area contributed by atoms with E-state index in [2.05, 4.69) is 4.72 Å². The first-order chi connectivity index (χ1) is 16.6. The molecule has 0 aromatic heterocycles. The van der Waals surface area contributed by atoms with Crippen molar-refractivity contribution in [3.63, 3.8) is 0 Å². The van der Waals surface area contributed by atoms with Gasteiger partial charge in [0.1, 0.15) is 5.75 Å². The number of rotatable bonds is 6. The number of benzene rings is 2. The molecule has 1 aliphatic carbocycles. The molecule has 2 aromatic rings. The molecule has 0 atom stereocenters. The summed E-state index contributed by atoms with van der Waals surface area (Å²) in [6.45, 7) is 1.55. The third-order valence-electron chi connectivity index (χ3n) is 6.48. The monoisotopic (exact) mass is 511 g/mol. The van der Waals surface area contributed by atoms with Gasteiger partial charge in [-0.25, -0.2) is 13.1 Å². The highest BCUT2D eigenvalue weighted by Gasteiger charge is 2.31. The summed E-state index contributed by atoms with van der Waals surface area (Å²) in [5.41, 5.74) is 0.134. The van der Waals surface area contributed by atoms with Crippen molar-refractivity contribution in [1.82, 2.24) is 9.62 Å². The molecular formula is C24H28F3N3O4S. The highest BCUT2D eigenvalue weighted by molar-refractivity contribution is 7.89. The van der Waals surface area contributed by atoms with Crippen LogP contribution in [0.2, 0.25) is 0 Å². The minimum Gasteiger partial charge on any atom is -0.490 e. The van der Waals surface area contributed by atoms with E-state index in [0.29, 0.717) is 37.6 Å². The summed E-state index contributed by atoms with van der Waals surface area (Å²) in [4.78, 5) is 17.0. The van der Waals surface area contributed by atoms with Gasteiger partial charge in [-0.1, -0.05) is 0 Å². The average molecular weight is 512 g/mol. The van der Waals surface area contributed by atoms with Gasteiger partial charge >= 0.3 is 6.18 Å². The van der Waals surface area contributed by atoms with E-state index in [1.54, 1.807) is 4.90 Å². The number of amides is 1. The Labute approximate surface area is 202 Å². The van der Waals surface area contributed by atoms with Crippen molar-refractivity contribution in [1.29, 1.82) is 0 Å². The second-order valence-electron chi connectivity index (χ2n) is 8.71. The lowest BCUT2D eigenvalue weighted by Gasteiger charge is -2.36. The Bertz CT molecular complexity index is 1160. The lowest BCUT2D eigenvalue weighted by atomic mass is 10.1. The minimum atomic E-state index is -4.39. The summed E-state index contributed by atoms with van der Waals surface area (Å²) >= 11 is 0. The molecular weight excluding hydrogens is 483 g/mol. The van der Waals surface area contributed by atoms with Crippen LogP contribution in [0.25, 0.3) is 0 Å². The standard InChI is InChI=1S/C24H28F3N3O4S/c1-28-35(32,33)20-10-11-22(34-19-4-2-3-5-19)21(16-20)23(31)30-14-12-29(13-15-30)18-8-6-17(7-9-18)24(25,26)27/h6-11,16,19,28H,2-5,12-15H2,1H3. The molecule has 1 saturated carbocycles. The Hall–Kier alpha value is -2.79. The van der Waals surface area contributed by atoms with Crippen molar-refractivity contribution in [2.24, 2.45) is 0 Å². The van der Waals surface area contributed by atoms with Gasteiger partial charge in [0.05, 0.1) is 22.1 Å². The van der Waals surface area contributed by atoms with E-state index in [9.17, 15) is 26.4 Å². The zero-order chi connectivity index (χ0) is 25.2. The van der Waals surface area contributed by atoms with Gasteiger partial charge in [-0.2, -0.15) is 13.2 Å². The fourth-order valence-corrected chi connectivity index (χ4v) is 5.20. The van der Waals surface area contributed by atoms with Crippen molar-refractivity contribution in [3.05, 3.63) is 53.6 Å². The van der Waals surface area contributed by atoms with Crippen molar-refractivity contribution in [2.45, 2.75) is 42.9 Å². The Morgan fingerprint density at radius 1 is 1.00 bits per heavy atom. The predicted molar refractivity (Wildman–Crippen MR) is 125 cm³/mol. The van der Waals surface area contributed by atoms with E-state index in [1.807, 2.05) is 4.90 Å². The van der Waals surface area contributed by atoms with Crippen LogP contribution in [0.4, 0.5) is 18.9 Å². The molecule has 35 heavy (non-hydrogen) atoms. The van der Waals surface area contributed by atoms with E-state index in [1.165, 1.54) is 37.4 Å². The number of piperazine rings is 1. The summed E-state index contributed by atoms with van der Waals surface area (Å²) in [6.07, 6.45) is -0.536. The zero-order valence-corrected chi connectivity index (χ0v) is 20.2. The van der Waals surface area contributed by atoms with E-state index in [-0.39, 0.29) is 22.5 Å². The molecule has 0 unspecified atom stereocenters. The van der Waals surface area contributed by atoms with E-state index in [4.69, 9.17) is 4.74 Å². The number of carbonyl (C=O) groups is 1. The number of sulfonamides is 1. The van der Waals surface area contributed by atoms with Gasteiger partial charge in [0, 0.05) is 31.9 Å². The van der Waals surface area contributed by atoms with Crippen molar-refractivity contribution in [3.8, 4) is 5.75 Å². The Balaban J connectivity index is 1.50. The number of ether oxygens (including phenoxy) is 1. The van der Waals surface area contributed by atoms with Crippen molar-refractivity contribution >= 4 is 21.6 Å². The molecule has 1 heterocycles. The molecule has 1 amide bonds. The molecule has 1 aliphatic heterocycles. The van der Waals surface area contributed by atoms with Gasteiger partial charge in [0.15, 0.2) is 0 Å². The fourth-order valence-electron chi connectivity index (χ4n) is 4.45. The number of nitrogens with one attached hydrogen (secondary N) is 1. The van der Waals surface area contributed by atoms with Gasteiger partial charge in [0.25, 0.3) is 5.91 Å². The SMILES string of the molecule is CNS(=O)(=O)c1ccc(OC2CCCC2)c(C(=O)N2CCN(c3ccc(C(F)(F)F)cc3)CC2)c1. The minimum absolute atomic E-state index is 0.00942. The number of halogens is 3. The number of hydrogen-bond donors (Lipinski definition) is 1. The quantitative estimate of drug-likeness (QED) is 0.637. The number of nitrogens with zero attached hydrogens (tertiary/aromatic N) is 2. The maximum atomic E-state index is 13.4. The predicted octanol–water partition coefficient (Wildman–Crippen LogP) is 3.90. The van der Waals surface area contributed by atoms with Gasteiger partial charge in [-0.3, -0.25) is 4.79 Å². The maximum Gasteiger partial charge on any atom is 0.416 e. The first-order valence-corrected chi connectivity index (χ1v) is 13.0. The number of carbonyl (C=O) groups excluding carboxylic acids is 1. The Morgan fingerprint density at radius 2 is 1.63 bits per heavy atom. The van der Waals surface area contributed by atoms with Crippen LogP contribution in [0, 0.1) is 0 Å². The molecule has 4 rings (SSSR count). The van der Waals surface area contributed by atoms with Crippen LogP contribution >= 0.6 is 0 Å². The second-order valence-corrected chi connectivity index (χ2v) is 10.6. The summed E-state index contributed by atoms with van der Waals surface area (Å²) in [5.74, 6) is 0.0281. The molecule has 1 N–H and O–H groups in total. The van der Waals surface area contributed by atoms with Crippen molar-refractivity contribution < 1.29 is 31.1 Å². The van der Waals surface area contributed by atoms with Crippen LogP contribution in [0.1, 0.15) is 41.6 Å². The number of alkyl halides is 3. The van der Waals surface area contributed by atoms with E-state index < -0.39 is 21.8 Å². The smallest absolute Gasteiger partial charge is 0.416 e. The van der Waals surface area contributed by atoms with Crippen LogP contribution in [0.15, 0.2) is 47.4 Å². The second kappa shape index (κ2) is 10.1. The van der Waals surface area contributed by atoms with Gasteiger partial charge in [-0.15, -0.1) is 0 Å². The maximum absolute atomic E-state index is 13.4. The highest BCUT2D eigenvalue weighted by Crippen LogP contribution is 2.32. The van der Waals surface area contributed by atoms with Gasteiger partial charge in [0.2, 0.25) is 10.0 Å².